The van der Waals surface area contributed by atoms with Crippen LogP contribution in [-0.2, 0) is 19.1 Å². The maximum atomic E-state index is 13.8. The number of hydrogen-bond acceptors (Lipinski definition) is 6. The Hall–Kier alpha value is -3.30. The van der Waals surface area contributed by atoms with Crippen LogP contribution in [0.2, 0.25) is 0 Å². The van der Waals surface area contributed by atoms with Gasteiger partial charge in [-0.1, -0.05) is 31.9 Å². The number of amides is 4. The topological polar surface area (TPSA) is 151 Å². The molecule has 0 bridgehead atoms. The van der Waals surface area contributed by atoms with Crippen molar-refractivity contribution in [3.05, 3.63) is 29.8 Å². The number of ether oxygens (including phenoxy) is 1. The average molecular weight is 507 g/mol. The van der Waals surface area contributed by atoms with Gasteiger partial charge in [0.25, 0.3) is 0 Å². The second-order valence-electron chi connectivity index (χ2n) is 10.0. The molecule has 36 heavy (non-hydrogen) atoms. The van der Waals surface area contributed by atoms with E-state index in [9.17, 15) is 24.3 Å². The maximum Gasteiger partial charge on any atom is 0.408 e. The molecule has 0 heterocycles. The third-order valence-corrected chi connectivity index (χ3v) is 5.27. The number of benzene rings is 1. The van der Waals surface area contributed by atoms with E-state index in [1.54, 1.807) is 46.8 Å². The maximum absolute atomic E-state index is 13.8. The molecule has 2 atom stereocenters. The molecule has 0 radical (unpaired) electrons. The van der Waals surface area contributed by atoms with Crippen molar-refractivity contribution in [3.63, 3.8) is 0 Å². The van der Waals surface area contributed by atoms with Crippen LogP contribution < -0.4 is 16.4 Å². The molecule has 2 unspecified atom stereocenters. The van der Waals surface area contributed by atoms with Crippen LogP contribution in [0.1, 0.15) is 85.3 Å². The van der Waals surface area contributed by atoms with Crippen LogP contribution in [0.15, 0.2) is 24.3 Å². The van der Waals surface area contributed by atoms with Crippen LogP contribution in [0, 0.1) is 0 Å². The van der Waals surface area contributed by atoms with Crippen LogP contribution in [-0.4, -0.2) is 58.1 Å². The van der Waals surface area contributed by atoms with E-state index in [4.69, 9.17) is 10.5 Å². The molecule has 0 aliphatic carbocycles. The smallest absolute Gasteiger partial charge is 0.408 e. The van der Waals surface area contributed by atoms with Gasteiger partial charge in [0.1, 0.15) is 23.4 Å². The Kier molecular flexibility index (Phi) is 12.2. The third kappa shape index (κ3) is 10.5. The number of hydrogen-bond donors (Lipinski definition) is 4. The first-order chi connectivity index (χ1) is 16.8. The van der Waals surface area contributed by atoms with Crippen molar-refractivity contribution < 1.29 is 29.0 Å². The second kappa shape index (κ2) is 14.3. The largest absolute Gasteiger partial charge is 0.508 e. The summed E-state index contributed by atoms with van der Waals surface area (Å²) >= 11 is 0. The Balaban J connectivity index is 3.39. The van der Waals surface area contributed by atoms with E-state index in [1.807, 2.05) is 0 Å². The fourth-order valence-electron chi connectivity index (χ4n) is 3.67. The highest BCUT2D eigenvalue weighted by atomic mass is 16.6. The van der Waals surface area contributed by atoms with E-state index in [0.717, 1.165) is 19.3 Å². The number of unbranched alkanes of at least 4 members (excludes halogenated alkanes) is 2. The van der Waals surface area contributed by atoms with Crippen LogP contribution in [0.25, 0.3) is 0 Å². The number of nitrogens with zero attached hydrogens (tertiary/aromatic N) is 1. The lowest BCUT2D eigenvalue weighted by atomic mass is 9.99. The number of primary amides is 1. The lowest BCUT2D eigenvalue weighted by Crippen LogP contribution is -2.55. The minimum Gasteiger partial charge on any atom is -0.508 e. The second-order valence-corrected chi connectivity index (χ2v) is 10.0. The molecule has 10 nitrogen and oxygen atoms in total. The van der Waals surface area contributed by atoms with Crippen molar-refractivity contribution >= 4 is 23.8 Å². The lowest BCUT2D eigenvalue weighted by Gasteiger charge is -2.37. The number of carbonyl (C=O) groups is 4. The van der Waals surface area contributed by atoms with Crippen molar-refractivity contribution in [3.8, 4) is 5.75 Å². The van der Waals surface area contributed by atoms with E-state index in [2.05, 4.69) is 17.6 Å². The highest BCUT2D eigenvalue weighted by Gasteiger charge is 2.37. The number of alkyl carbamates (subject to hydrolysis) is 1. The van der Waals surface area contributed by atoms with Crippen LogP contribution >= 0.6 is 0 Å². The third-order valence-electron chi connectivity index (χ3n) is 5.27. The SMILES string of the molecule is CCCCCNC(=O)C(c1cccc(O)c1)N(C(=O)C(CCC(N)=O)NC(=O)OC(C)(C)C)C(C)C. The minimum atomic E-state index is -1.16. The van der Waals surface area contributed by atoms with Gasteiger partial charge in [-0.25, -0.2) is 4.79 Å². The molecule has 0 spiro atoms. The van der Waals surface area contributed by atoms with Gasteiger partial charge >= 0.3 is 6.09 Å². The fourth-order valence-corrected chi connectivity index (χ4v) is 3.67. The highest BCUT2D eigenvalue weighted by molar-refractivity contribution is 5.92. The van der Waals surface area contributed by atoms with E-state index < -0.39 is 47.5 Å². The van der Waals surface area contributed by atoms with Gasteiger partial charge in [-0.2, -0.15) is 0 Å². The standard InChI is InChI=1S/C26H42N4O6/c1-7-8-9-15-28-23(33)22(18-11-10-12-19(31)16-18)30(17(2)3)24(34)20(13-14-21(27)32)29-25(35)36-26(4,5)6/h10-12,16-17,20,22,31H,7-9,13-15H2,1-6H3,(H2,27,32)(H,28,33)(H,29,35). The number of aromatic hydroxyl groups is 1. The quantitative estimate of drug-likeness (QED) is 0.302. The molecule has 4 amide bonds. The highest BCUT2D eigenvalue weighted by Crippen LogP contribution is 2.28. The number of nitrogens with one attached hydrogen (secondary N) is 2. The number of phenols is 1. The van der Waals surface area contributed by atoms with Gasteiger partial charge < -0.3 is 31.1 Å². The molecule has 1 aromatic carbocycles. The van der Waals surface area contributed by atoms with Crippen LogP contribution in [0.3, 0.4) is 0 Å². The monoisotopic (exact) mass is 506 g/mol. The fraction of sp³-hybridized carbons (Fsp3) is 0.615. The van der Waals surface area contributed by atoms with Gasteiger partial charge in [-0.05, 0) is 65.2 Å². The van der Waals surface area contributed by atoms with Gasteiger partial charge in [0.2, 0.25) is 17.7 Å². The van der Waals surface area contributed by atoms with Gasteiger partial charge in [0.05, 0.1) is 0 Å². The van der Waals surface area contributed by atoms with E-state index in [1.165, 1.54) is 17.0 Å². The first kappa shape index (κ1) is 30.7. The molecule has 0 saturated carbocycles. The first-order valence-corrected chi connectivity index (χ1v) is 12.4. The van der Waals surface area contributed by atoms with E-state index in [0.29, 0.717) is 12.1 Å². The number of carbonyl (C=O) groups excluding carboxylic acids is 4. The summed E-state index contributed by atoms with van der Waals surface area (Å²) < 4.78 is 5.30. The molecular formula is C26H42N4O6. The van der Waals surface area contributed by atoms with Crippen LogP contribution in [0.5, 0.6) is 5.75 Å². The number of nitrogens with two attached hydrogens (primary N) is 1. The molecule has 202 valence electrons. The van der Waals surface area contributed by atoms with Crippen molar-refractivity contribution in [1.29, 1.82) is 0 Å². The predicted molar refractivity (Wildman–Crippen MR) is 137 cm³/mol. The molecule has 0 aliphatic rings. The zero-order chi connectivity index (χ0) is 27.5. The van der Waals surface area contributed by atoms with Gasteiger partial charge in [0, 0.05) is 19.0 Å². The zero-order valence-corrected chi connectivity index (χ0v) is 22.3. The minimum absolute atomic E-state index is 0.0513. The molecule has 1 aromatic rings. The first-order valence-electron chi connectivity index (χ1n) is 12.4. The van der Waals surface area contributed by atoms with Gasteiger partial charge in [0.15, 0.2) is 0 Å². The lowest BCUT2D eigenvalue weighted by molar-refractivity contribution is -0.144. The summed E-state index contributed by atoms with van der Waals surface area (Å²) in [6.45, 7) is 11.0. The summed E-state index contributed by atoms with van der Waals surface area (Å²) in [6.07, 6.45) is 1.66. The molecule has 0 aliphatic heterocycles. The van der Waals surface area contributed by atoms with Crippen LogP contribution in [0.4, 0.5) is 4.79 Å². The summed E-state index contributed by atoms with van der Waals surface area (Å²) in [7, 11) is 0. The Morgan fingerprint density at radius 2 is 1.81 bits per heavy atom. The molecule has 5 N–H and O–H groups in total. The summed E-state index contributed by atoms with van der Waals surface area (Å²) in [5, 5.41) is 15.5. The van der Waals surface area contributed by atoms with Gasteiger partial charge in [-0.15, -0.1) is 0 Å². The Labute approximate surface area is 213 Å². The Bertz CT molecular complexity index is 897. The van der Waals surface area contributed by atoms with Crippen molar-refractivity contribution in [2.45, 2.75) is 97.4 Å². The average Bonchev–Trinajstić information content (AvgIpc) is 2.75. The molecule has 0 fully saturated rings. The number of phenolic OH excluding ortho intramolecular Hbond substituents is 1. The molecular weight excluding hydrogens is 464 g/mol. The summed E-state index contributed by atoms with van der Waals surface area (Å²) in [5.41, 5.74) is 4.91. The van der Waals surface area contributed by atoms with Crippen molar-refractivity contribution in [1.82, 2.24) is 15.5 Å². The predicted octanol–water partition coefficient (Wildman–Crippen LogP) is 3.14. The van der Waals surface area contributed by atoms with Gasteiger partial charge in [-0.3, -0.25) is 14.4 Å². The molecule has 0 aromatic heterocycles. The van der Waals surface area contributed by atoms with E-state index >= 15 is 0 Å². The molecule has 1 rings (SSSR count). The molecule has 10 heteroatoms. The van der Waals surface area contributed by atoms with Crippen molar-refractivity contribution in [2.75, 3.05) is 6.54 Å². The Morgan fingerprint density at radius 3 is 2.33 bits per heavy atom. The molecule has 0 saturated heterocycles. The Morgan fingerprint density at radius 1 is 1.14 bits per heavy atom. The van der Waals surface area contributed by atoms with E-state index in [-0.39, 0.29) is 18.6 Å². The summed E-state index contributed by atoms with van der Waals surface area (Å²) in [5.74, 6) is -1.67. The number of rotatable bonds is 13. The summed E-state index contributed by atoms with van der Waals surface area (Å²) in [6, 6.07) is 3.43. The zero-order valence-electron chi connectivity index (χ0n) is 22.3. The van der Waals surface area contributed by atoms with Crippen molar-refractivity contribution in [2.24, 2.45) is 5.73 Å². The normalized spacial score (nSPS) is 13.0. The summed E-state index contributed by atoms with van der Waals surface area (Å²) in [4.78, 5) is 52.6.